The van der Waals surface area contributed by atoms with E-state index < -0.39 is 29.5 Å². The number of carbonyl (C=O) groups is 2. The molecule has 0 spiro atoms. The van der Waals surface area contributed by atoms with Crippen molar-refractivity contribution in [2.45, 2.75) is 64.7 Å². The minimum Gasteiger partial charge on any atom is -0.410 e. The second-order valence-corrected chi connectivity index (χ2v) is 8.29. The van der Waals surface area contributed by atoms with Gasteiger partial charge in [-0.05, 0) is 49.1 Å². The van der Waals surface area contributed by atoms with Crippen LogP contribution in [-0.2, 0) is 11.8 Å². The standard InChI is InChI=1S/C26H33F3N2O5/c1-4-7-14-30-23(32)35-20-12-13-21(22(17-20)36-24(33)31-15-8-5-2)25(34,6-3)18-10-9-11-19(16-18)26(27,28)29/h9-13,16-17,34H,4-8,14-15H2,1-3H3,(H,30,32)(H,31,33). The van der Waals surface area contributed by atoms with Gasteiger partial charge in [0.25, 0.3) is 0 Å². The Balaban J connectivity index is 2.47. The van der Waals surface area contributed by atoms with E-state index in [2.05, 4.69) is 10.6 Å². The van der Waals surface area contributed by atoms with Crippen LogP contribution >= 0.6 is 0 Å². The molecule has 3 N–H and O–H groups in total. The van der Waals surface area contributed by atoms with E-state index in [1.807, 2.05) is 13.8 Å². The SMILES string of the molecule is CCCCNC(=O)Oc1ccc(C(O)(CC)c2cccc(C(F)(F)F)c2)c(OC(=O)NCCCC)c1. The Kier molecular flexibility index (Phi) is 10.6. The molecule has 7 nitrogen and oxygen atoms in total. The second kappa shape index (κ2) is 13.2. The van der Waals surface area contributed by atoms with Gasteiger partial charge >= 0.3 is 18.4 Å². The average molecular weight is 511 g/mol. The number of rotatable bonds is 11. The lowest BCUT2D eigenvalue weighted by Crippen LogP contribution is -2.31. The summed E-state index contributed by atoms with van der Waals surface area (Å²) < 4.78 is 50.7. The lowest BCUT2D eigenvalue weighted by atomic mass is 9.83. The van der Waals surface area contributed by atoms with Crippen LogP contribution in [0.5, 0.6) is 11.5 Å². The number of hydrogen-bond donors (Lipinski definition) is 3. The maximum atomic E-state index is 13.3. The summed E-state index contributed by atoms with van der Waals surface area (Å²) in [5, 5.41) is 16.7. The summed E-state index contributed by atoms with van der Waals surface area (Å²) in [5.74, 6) is -0.115. The van der Waals surface area contributed by atoms with Gasteiger partial charge in [-0.15, -0.1) is 0 Å². The minimum absolute atomic E-state index is 0.0259. The summed E-state index contributed by atoms with van der Waals surface area (Å²) in [7, 11) is 0. The Morgan fingerprint density at radius 1 is 0.861 bits per heavy atom. The van der Waals surface area contributed by atoms with Gasteiger partial charge in [0.05, 0.1) is 5.56 Å². The normalized spacial score (nSPS) is 13.0. The molecule has 10 heteroatoms. The topological polar surface area (TPSA) is 96.9 Å². The van der Waals surface area contributed by atoms with Gasteiger partial charge in [-0.25, -0.2) is 9.59 Å². The lowest BCUT2D eigenvalue weighted by Gasteiger charge is -2.30. The first-order chi connectivity index (χ1) is 17.0. The quantitative estimate of drug-likeness (QED) is 0.316. The van der Waals surface area contributed by atoms with Crippen molar-refractivity contribution in [3.8, 4) is 11.5 Å². The number of aliphatic hydroxyl groups is 1. The fraction of sp³-hybridized carbons (Fsp3) is 0.462. The summed E-state index contributed by atoms with van der Waals surface area (Å²) in [6, 6.07) is 8.34. The summed E-state index contributed by atoms with van der Waals surface area (Å²) in [6.45, 7) is 6.29. The zero-order valence-corrected chi connectivity index (χ0v) is 20.7. The van der Waals surface area contributed by atoms with Crippen molar-refractivity contribution >= 4 is 12.2 Å². The van der Waals surface area contributed by atoms with Crippen molar-refractivity contribution in [1.29, 1.82) is 0 Å². The molecule has 2 amide bonds. The first-order valence-electron chi connectivity index (χ1n) is 12.0. The molecule has 1 atom stereocenters. The monoisotopic (exact) mass is 510 g/mol. The lowest BCUT2D eigenvalue weighted by molar-refractivity contribution is -0.137. The molecule has 36 heavy (non-hydrogen) atoms. The highest BCUT2D eigenvalue weighted by atomic mass is 19.4. The molecule has 0 heterocycles. The Labute approximate surface area is 209 Å². The molecule has 0 saturated heterocycles. The van der Waals surface area contributed by atoms with Crippen LogP contribution < -0.4 is 20.1 Å². The first kappa shape index (κ1) is 29.0. The molecule has 2 aromatic rings. The molecule has 0 fully saturated rings. The number of ether oxygens (including phenoxy) is 2. The van der Waals surface area contributed by atoms with E-state index in [9.17, 15) is 27.9 Å². The van der Waals surface area contributed by atoms with Crippen molar-refractivity contribution in [2.24, 2.45) is 0 Å². The number of unbranched alkanes of at least 4 members (excludes halogenated alkanes) is 2. The summed E-state index contributed by atoms with van der Waals surface area (Å²) >= 11 is 0. The average Bonchev–Trinajstić information content (AvgIpc) is 2.83. The van der Waals surface area contributed by atoms with E-state index >= 15 is 0 Å². The Morgan fingerprint density at radius 2 is 1.44 bits per heavy atom. The van der Waals surface area contributed by atoms with E-state index in [-0.39, 0.29) is 29.0 Å². The van der Waals surface area contributed by atoms with Crippen LogP contribution in [0.25, 0.3) is 0 Å². The molecular formula is C26H33F3N2O5. The molecule has 0 radical (unpaired) electrons. The molecule has 2 rings (SSSR count). The zero-order valence-electron chi connectivity index (χ0n) is 20.7. The van der Waals surface area contributed by atoms with Crippen LogP contribution in [0.3, 0.4) is 0 Å². The fourth-order valence-corrected chi connectivity index (χ4v) is 3.51. The molecule has 198 valence electrons. The van der Waals surface area contributed by atoms with E-state index in [4.69, 9.17) is 9.47 Å². The van der Waals surface area contributed by atoms with Crippen LogP contribution in [0.1, 0.15) is 69.6 Å². The molecule has 1 unspecified atom stereocenters. The molecule has 0 aromatic heterocycles. The number of hydrogen-bond acceptors (Lipinski definition) is 5. The Bertz CT molecular complexity index is 1030. The largest absolute Gasteiger partial charge is 0.416 e. The van der Waals surface area contributed by atoms with E-state index in [1.165, 1.54) is 30.3 Å². The van der Waals surface area contributed by atoms with Crippen molar-refractivity contribution < 1.29 is 37.3 Å². The molecule has 2 aromatic carbocycles. The fourth-order valence-electron chi connectivity index (χ4n) is 3.51. The summed E-state index contributed by atoms with van der Waals surface area (Å²) in [4.78, 5) is 24.5. The van der Waals surface area contributed by atoms with Gasteiger partial charge in [0.2, 0.25) is 0 Å². The Morgan fingerprint density at radius 3 is 2.00 bits per heavy atom. The highest BCUT2D eigenvalue weighted by molar-refractivity contribution is 5.73. The molecule has 0 saturated carbocycles. The second-order valence-electron chi connectivity index (χ2n) is 8.29. The van der Waals surface area contributed by atoms with Crippen LogP contribution in [0.15, 0.2) is 42.5 Å². The van der Waals surface area contributed by atoms with E-state index in [0.717, 1.165) is 31.4 Å². The van der Waals surface area contributed by atoms with Crippen molar-refractivity contribution in [1.82, 2.24) is 10.6 Å². The van der Waals surface area contributed by atoms with Crippen LogP contribution in [0.2, 0.25) is 0 Å². The Hall–Kier alpha value is -3.27. The van der Waals surface area contributed by atoms with Crippen LogP contribution in [-0.4, -0.2) is 30.4 Å². The number of halogens is 3. The number of carbonyl (C=O) groups excluding carboxylic acids is 2. The number of nitrogens with one attached hydrogen (secondary N) is 2. The molecule has 0 aliphatic rings. The van der Waals surface area contributed by atoms with Gasteiger partial charge in [-0.1, -0.05) is 45.7 Å². The third-order valence-electron chi connectivity index (χ3n) is 5.59. The van der Waals surface area contributed by atoms with Crippen molar-refractivity contribution in [3.05, 3.63) is 59.2 Å². The molecule has 0 aliphatic carbocycles. The maximum Gasteiger partial charge on any atom is 0.416 e. The zero-order chi connectivity index (χ0) is 26.8. The highest BCUT2D eigenvalue weighted by Crippen LogP contribution is 2.41. The number of alkyl halides is 3. The predicted octanol–water partition coefficient (Wildman–Crippen LogP) is 6.13. The summed E-state index contributed by atoms with van der Waals surface area (Å²) in [5.41, 5.74) is -2.83. The summed E-state index contributed by atoms with van der Waals surface area (Å²) in [6.07, 6.45) is -2.95. The van der Waals surface area contributed by atoms with Gasteiger partial charge in [0.1, 0.15) is 17.1 Å². The predicted molar refractivity (Wildman–Crippen MR) is 129 cm³/mol. The van der Waals surface area contributed by atoms with Crippen molar-refractivity contribution in [3.63, 3.8) is 0 Å². The highest BCUT2D eigenvalue weighted by Gasteiger charge is 2.37. The van der Waals surface area contributed by atoms with Gasteiger partial charge in [0.15, 0.2) is 0 Å². The molecule has 0 aliphatic heterocycles. The van der Waals surface area contributed by atoms with E-state index in [0.29, 0.717) is 19.5 Å². The molecule has 0 bridgehead atoms. The van der Waals surface area contributed by atoms with Crippen molar-refractivity contribution in [2.75, 3.05) is 13.1 Å². The third-order valence-corrected chi connectivity index (χ3v) is 5.59. The first-order valence-corrected chi connectivity index (χ1v) is 12.0. The smallest absolute Gasteiger partial charge is 0.410 e. The van der Waals surface area contributed by atoms with Gasteiger partial charge in [0, 0.05) is 24.7 Å². The third kappa shape index (κ3) is 7.87. The number of amides is 2. The molecular weight excluding hydrogens is 477 g/mol. The number of benzene rings is 2. The van der Waals surface area contributed by atoms with Gasteiger partial charge in [-0.3, -0.25) is 0 Å². The van der Waals surface area contributed by atoms with Gasteiger partial charge < -0.3 is 25.2 Å². The maximum absolute atomic E-state index is 13.3. The van der Waals surface area contributed by atoms with Crippen LogP contribution in [0.4, 0.5) is 22.8 Å². The van der Waals surface area contributed by atoms with E-state index in [1.54, 1.807) is 6.92 Å². The van der Waals surface area contributed by atoms with Gasteiger partial charge in [-0.2, -0.15) is 13.2 Å². The van der Waals surface area contributed by atoms with Crippen LogP contribution in [0, 0.1) is 0 Å². The minimum atomic E-state index is -4.61.